The van der Waals surface area contributed by atoms with Crippen LogP contribution >= 0.6 is 15.9 Å². The predicted molar refractivity (Wildman–Crippen MR) is 97.8 cm³/mol. The molecular formula is C16H16BrN3O3S. The average Bonchev–Trinajstić information content (AvgIpc) is 2.75. The molecule has 0 aliphatic rings. The van der Waals surface area contributed by atoms with Gasteiger partial charge in [-0.2, -0.15) is 0 Å². The molecule has 3 rings (SSSR count). The second kappa shape index (κ2) is 5.78. The number of sulfonamides is 1. The molecule has 0 amide bonds. The molecule has 2 aromatic carbocycles. The Hall–Kier alpha value is -2.06. The number of benzene rings is 2. The Labute approximate surface area is 147 Å². The summed E-state index contributed by atoms with van der Waals surface area (Å²) in [4.78, 5) is 12.1. The Bertz CT molecular complexity index is 1110. The van der Waals surface area contributed by atoms with Gasteiger partial charge in [-0.05, 0) is 48.9 Å². The molecule has 6 nitrogen and oxygen atoms in total. The van der Waals surface area contributed by atoms with Gasteiger partial charge in [0, 0.05) is 24.3 Å². The van der Waals surface area contributed by atoms with Crippen LogP contribution in [0.2, 0.25) is 0 Å². The van der Waals surface area contributed by atoms with Crippen LogP contribution in [0.1, 0.15) is 5.56 Å². The highest BCUT2D eigenvalue weighted by atomic mass is 79.9. The van der Waals surface area contributed by atoms with Crippen molar-refractivity contribution in [3.05, 3.63) is 56.9 Å². The number of nitrogens with one attached hydrogen (secondary N) is 1. The molecule has 0 saturated heterocycles. The van der Waals surface area contributed by atoms with Crippen LogP contribution in [0.4, 0.5) is 5.69 Å². The zero-order valence-electron chi connectivity index (χ0n) is 13.4. The van der Waals surface area contributed by atoms with Gasteiger partial charge < -0.3 is 0 Å². The molecule has 0 spiro atoms. The molecule has 0 radical (unpaired) electrons. The van der Waals surface area contributed by atoms with Crippen molar-refractivity contribution in [3.8, 4) is 0 Å². The second-order valence-corrected chi connectivity index (χ2v) is 8.16. The van der Waals surface area contributed by atoms with Gasteiger partial charge in [-0.3, -0.25) is 13.9 Å². The fraction of sp³-hybridized carbons (Fsp3) is 0.188. The lowest BCUT2D eigenvalue weighted by Crippen LogP contribution is -2.19. The van der Waals surface area contributed by atoms with Crippen LogP contribution in [0.25, 0.3) is 11.0 Å². The van der Waals surface area contributed by atoms with Crippen LogP contribution in [-0.4, -0.2) is 17.6 Å². The number of hydrogen-bond acceptors (Lipinski definition) is 3. The molecule has 0 atom stereocenters. The van der Waals surface area contributed by atoms with Gasteiger partial charge in [-0.25, -0.2) is 13.2 Å². The molecule has 0 unspecified atom stereocenters. The number of anilines is 1. The molecule has 0 aliphatic heterocycles. The number of aromatic nitrogens is 2. The molecule has 3 aromatic rings. The Morgan fingerprint density at radius 2 is 1.67 bits per heavy atom. The predicted octanol–water partition coefficient (Wildman–Crippen LogP) is 2.75. The third kappa shape index (κ3) is 2.76. The first kappa shape index (κ1) is 16.8. The van der Waals surface area contributed by atoms with Gasteiger partial charge in [0.25, 0.3) is 10.0 Å². The van der Waals surface area contributed by atoms with E-state index in [2.05, 4.69) is 20.7 Å². The minimum absolute atomic E-state index is 0.108. The molecule has 1 heterocycles. The van der Waals surface area contributed by atoms with Gasteiger partial charge in [0.15, 0.2) is 0 Å². The fourth-order valence-corrected chi connectivity index (χ4v) is 3.89. The summed E-state index contributed by atoms with van der Waals surface area (Å²) >= 11 is 3.39. The molecule has 1 aromatic heterocycles. The maximum absolute atomic E-state index is 12.6. The van der Waals surface area contributed by atoms with E-state index < -0.39 is 10.0 Å². The third-order valence-electron chi connectivity index (χ3n) is 3.96. The normalized spacial score (nSPS) is 11.8. The Balaban J connectivity index is 2.06. The molecule has 126 valence electrons. The smallest absolute Gasteiger partial charge is 0.295 e. The zero-order chi connectivity index (χ0) is 17.6. The van der Waals surface area contributed by atoms with Gasteiger partial charge >= 0.3 is 5.69 Å². The largest absolute Gasteiger partial charge is 0.328 e. The number of halogens is 1. The van der Waals surface area contributed by atoms with Gasteiger partial charge in [0.2, 0.25) is 0 Å². The number of aryl methyl sites for hydroxylation is 3. The standard InChI is InChI=1S/C16H16BrN3O3S/c1-10-8-11(4-6-13(10)17)18-24(22,23)12-5-7-14-15(9-12)20(3)16(21)19(14)2/h4-9,18H,1-3H3. The minimum Gasteiger partial charge on any atom is -0.295 e. The fourth-order valence-electron chi connectivity index (χ4n) is 2.58. The summed E-state index contributed by atoms with van der Waals surface area (Å²) in [6.07, 6.45) is 0. The Morgan fingerprint density at radius 1 is 1.00 bits per heavy atom. The van der Waals surface area contributed by atoms with E-state index in [1.165, 1.54) is 21.3 Å². The first-order valence-electron chi connectivity index (χ1n) is 7.15. The number of imidazole rings is 1. The lowest BCUT2D eigenvalue weighted by molar-refractivity contribution is 0.601. The van der Waals surface area contributed by atoms with Gasteiger partial charge in [0.1, 0.15) is 0 Å². The highest BCUT2D eigenvalue weighted by Gasteiger charge is 2.17. The topological polar surface area (TPSA) is 73.1 Å². The summed E-state index contributed by atoms with van der Waals surface area (Å²) in [6, 6.07) is 9.86. The van der Waals surface area contributed by atoms with Crippen molar-refractivity contribution in [1.82, 2.24) is 9.13 Å². The van der Waals surface area contributed by atoms with E-state index in [1.54, 1.807) is 38.4 Å². The highest BCUT2D eigenvalue weighted by Crippen LogP contribution is 2.24. The maximum atomic E-state index is 12.6. The molecule has 0 bridgehead atoms. The lowest BCUT2D eigenvalue weighted by atomic mass is 10.2. The van der Waals surface area contributed by atoms with E-state index in [0.29, 0.717) is 16.7 Å². The molecule has 0 saturated carbocycles. The van der Waals surface area contributed by atoms with E-state index in [-0.39, 0.29) is 10.6 Å². The summed E-state index contributed by atoms with van der Waals surface area (Å²) in [5, 5.41) is 0. The van der Waals surface area contributed by atoms with Crippen LogP contribution < -0.4 is 10.4 Å². The van der Waals surface area contributed by atoms with Crippen molar-refractivity contribution in [1.29, 1.82) is 0 Å². The SMILES string of the molecule is Cc1cc(NS(=O)(=O)c2ccc3c(c2)n(C)c(=O)n3C)ccc1Br. The van der Waals surface area contributed by atoms with Gasteiger partial charge in [0.05, 0.1) is 15.9 Å². The molecule has 24 heavy (non-hydrogen) atoms. The van der Waals surface area contributed by atoms with E-state index in [4.69, 9.17) is 0 Å². The van der Waals surface area contributed by atoms with Gasteiger partial charge in [-0.15, -0.1) is 0 Å². The minimum atomic E-state index is -3.74. The molecule has 1 N–H and O–H groups in total. The van der Waals surface area contributed by atoms with Gasteiger partial charge in [-0.1, -0.05) is 15.9 Å². The van der Waals surface area contributed by atoms with E-state index in [9.17, 15) is 13.2 Å². The lowest BCUT2D eigenvalue weighted by Gasteiger charge is -2.10. The van der Waals surface area contributed by atoms with E-state index in [0.717, 1.165) is 10.0 Å². The number of nitrogens with zero attached hydrogens (tertiary/aromatic N) is 2. The molecule has 8 heteroatoms. The van der Waals surface area contributed by atoms with Crippen molar-refractivity contribution in [2.24, 2.45) is 14.1 Å². The Kier molecular flexibility index (Phi) is 4.05. The van der Waals surface area contributed by atoms with Crippen molar-refractivity contribution < 1.29 is 8.42 Å². The second-order valence-electron chi connectivity index (χ2n) is 5.62. The molecule has 0 aliphatic carbocycles. The number of fused-ring (bicyclic) bond motifs is 1. The van der Waals surface area contributed by atoms with Crippen molar-refractivity contribution in [2.45, 2.75) is 11.8 Å². The van der Waals surface area contributed by atoms with E-state index >= 15 is 0 Å². The summed E-state index contributed by atoms with van der Waals surface area (Å²) in [5.74, 6) is 0. The summed E-state index contributed by atoms with van der Waals surface area (Å²) in [5.41, 5.74) is 2.46. The quantitative estimate of drug-likeness (QED) is 0.722. The van der Waals surface area contributed by atoms with E-state index in [1.807, 2.05) is 6.92 Å². The maximum Gasteiger partial charge on any atom is 0.328 e. The average molecular weight is 410 g/mol. The number of hydrogen-bond donors (Lipinski definition) is 1. The van der Waals surface area contributed by atoms with Crippen LogP contribution in [0.15, 0.2) is 50.6 Å². The molecule has 0 fully saturated rings. The van der Waals surface area contributed by atoms with Crippen LogP contribution in [-0.2, 0) is 24.1 Å². The zero-order valence-corrected chi connectivity index (χ0v) is 15.8. The third-order valence-corrected chi connectivity index (χ3v) is 6.23. The highest BCUT2D eigenvalue weighted by molar-refractivity contribution is 9.10. The summed E-state index contributed by atoms with van der Waals surface area (Å²) in [6.45, 7) is 1.88. The van der Waals surface area contributed by atoms with Crippen LogP contribution in [0, 0.1) is 6.92 Å². The first-order chi connectivity index (χ1) is 11.2. The summed E-state index contributed by atoms with van der Waals surface area (Å²) < 4.78 is 31.6. The van der Waals surface area contributed by atoms with Crippen LogP contribution in [0.3, 0.4) is 0 Å². The first-order valence-corrected chi connectivity index (χ1v) is 9.43. The van der Waals surface area contributed by atoms with Crippen molar-refractivity contribution in [2.75, 3.05) is 4.72 Å². The monoisotopic (exact) mass is 409 g/mol. The molecular weight excluding hydrogens is 394 g/mol. The van der Waals surface area contributed by atoms with Crippen molar-refractivity contribution in [3.63, 3.8) is 0 Å². The Morgan fingerprint density at radius 3 is 2.33 bits per heavy atom. The van der Waals surface area contributed by atoms with Crippen molar-refractivity contribution >= 4 is 42.7 Å². The van der Waals surface area contributed by atoms with Crippen LogP contribution in [0.5, 0.6) is 0 Å². The number of rotatable bonds is 3. The summed E-state index contributed by atoms with van der Waals surface area (Å²) in [7, 11) is -0.473.